The lowest BCUT2D eigenvalue weighted by Crippen LogP contribution is -2.32. The van der Waals surface area contributed by atoms with E-state index >= 15 is 0 Å². The second kappa shape index (κ2) is 7.64. The summed E-state index contributed by atoms with van der Waals surface area (Å²) >= 11 is 1.39. The van der Waals surface area contributed by atoms with Crippen molar-refractivity contribution >= 4 is 34.4 Å². The van der Waals surface area contributed by atoms with E-state index in [9.17, 15) is 14.0 Å². The van der Waals surface area contributed by atoms with Gasteiger partial charge in [0.05, 0.1) is 12.1 Å². The molecule has 1 aliphatic heterocycles. The van der Waals surface area contributed by atoms with Gasteiger partial charge in [0.2, 0.25) is 0 Å². The molecule has 29 heavy (non-hydrogen) atoms. The second-order valence-electron chi connectivity index (χ2n) is 6.89. The number of nitrogens with zero attached hydrogens (tertiary/aromatic N) is 1. The van der Waals surface area contributed by atoms with Gasteiger partial charge in [-0.25, -0.2) is 4.39 Å². The van der Waals surface area contributed by atoms with Crippen molar-refractivity contribution in [3.63, 3.8) is 0 Å². The number of aryl methyl sites for hydroxylation is 1. The summed E-state index contributed by atoms with van der Waals surface area (Å²) in [7, 11) is 0. The minimum Gasteiger partial charge on any atom is -0.350 e. The lowest BCUT2D eigenvalue weighted by Gasteiger charge is -2.16. The first-order valence-corrected chi connectivity index (χ1v) is 10.1. The van der Waals surface area contributed by atoms with Crippen LogP contribution in [0, 0.1) is 19.7 Å². The monoisotopic (exact) mass is 406 g/mol. The van der Waals surface area contributed by atoms with Crippen LogP contribution < -0.4 is 5.32 Å². The highest BCUT2D eigenvalue weighted by molar-refractivity contribution is 7.11. The van der Waals surface area contributed by atoms with E-state index in [1.54, 1.807) is 18.2 Å². The van der Waals surface area contributed by atoms with Crippen molar-refractivity contribution in [3.05, 3.63) is 93.1 Å². The molecule has 0 saturated heterocycles. The lowest BCUT2D eigenvalue weighted by atomic mass is 10.1. The van der Waals surface area contributed by atoms with E-state index in [-0.39, 0.29) is 12.2 Å². The largest absolute Gasteiger partial charge is 0.350 e. The number of amides is 2. The maximum Gasteiger partial charge on any atom is 0.278 e. The number of imide groups is 1. The zero-order chi connectivity index (χ0) is 20.5. The van der Waals surface area contributed by atoms with Crippen molar-refractivity contribution in [1.29, 1.82) is 0 Å². The van der Waals surface area contributed by atoms with Crippen LogP contribution in [0.5, 0.6) is 0 Å². The fourth-order valence-corrected chi connectivity index (χ4v) is 4.07. The first kappa shape index (κ1) is 19.1. The highest BCUT2D eigenvalue weighted by Crippen LogP contribution is 2.34. The third kappa shape index (κ3) is 3.47. The highest BCUT2D eigenvalue weighted by Gasteiger charge is 2.40. The van der Waals surface area contributed by atoms with Crippen molar-refractivity contribution < 1.29 is 14.0 Å². The van der Waals surface area contributed by atoms with Crippen LogP contribution in [-0.2, 0) is 16.1 Å². The summed E-state index contributed by atoms with van der Waals surface area (Å²) in [6, 6.07) is 15.6. The summed E-state index contributed by atoms with van der Waals surface area (Å²) in [5.41, 5.74) is 3.69. The van der Waals surface area contributed by atoms with Gasteiger partial charge < -0.3 is 5.32 Å². The smallest absolute Gasteiger partial charge is 0.278 e. The molecule has 4 nitrogen and oxygen atoms in total. The van der Waals surface area contributed by atoms with E-state index in [0.717, 1.165) is 21.7 Å². The van der Waals surface area contributed by atoms with Crippen LogP contribution in [0.3, 0.4) is 0 Å². The number of rotatable bonds is 5. The van der Waals surface area contributed by atoms with Crippen molar-refractivity contribution in [1.82, 2.24) is 4.90 Å². The summed E-state index contributed by atoms with van der Waals surface area (Å²) in [6.45, 7) is 3.83. The first-order chi connectivity index (χ1) is 14.0. The Morgan fingerprint density at radius 1 is 0.966 bits per heavy atom. The van der Waals surface area contributed by atoms with E-state index in [0.29, 0.717) is 16.0 Å². The molecule has 0 radical (unpaired) electrons. The molecular weight excluding hydrogens is 387 g/mol. The quantitative estimate of drug-likeness (QED) is 0.614. The number of hydrogen-bond acceptors (Lipinski definition) is 4. The molecule has 0 fully saturated rings. The van der Waals surface area contributed by atoms with Crippen LogP contribution in [0.4, 0.5) is 10.1 Å². The molecule has 1 aromatic heterocycles. The average Bonchev–Trinajstić information content (AvgIpc) is 3.30. The number of halogens is 1. The van der Waals surface area contributed by atoms with Gasteiger partial charge in [-0.1, -0.05) is 36.4 Å². The lowest BCUT2D eigenvalue weighted by molar-refractivity contribution is -0.137. The van der Waals surface area contributed by atoms with E-state index in [4.69, 9.17) is 0 Å². The van der Waals surface area contributed by atoms with Crippen LogP contribution in [0.2, 0.25) is 0 Å². The van der Waals surface area contributed by atoms with Gasteiger partial charge in [-0.15, -0.1) is 11.3 Å². The molecule has 2 aromatic carbocycles. The van der Waals surface area contributed by atoms with Crippen LogP contribution in [0.1, 0.15) is 21.6 Å². The van der Waals surface area contributed by atoms with Crippen molar-refractivity contribution in [2.75, 3.05) is 5.32 Å². The third-order valence-corrected chi connectivity index (χ3v) is 5.97. The maximum absolute atomic E-state index is 14.1. The Balaban J connectivity index is 1.75. The molecule has 3 aromatic rings. The predicted octanol–water partition coefficient (Wildman–Crippen LogP) is 4.90. The van der Waals surface area contributed by atoms with Gasteiger partial charge >= 0.3 is 0 Å². The van der Waals surface area contributed by atoms with Gasteiger partial charge in [0.15, 0.2) is 0 Å². The molecule has 0 atom stereocenters. The van der Waals surface area contributed by atoms with Gasteiger partial charge in [-0.2, -0.15) is 0 Å². The summed E-state index contributed by atoms with van der Waals surface area (Å²) in [4.78, 5) is 28.2. The SMILES string of the molecule is Cc1cccc(NC2=C(c3cccs3)C(=O)N(Cc3ccccc3F)C2=O)c1C. The van der Waals surface area contributed by atoms with Crippen molar-refractivity contribution in [2.45, 2.75) is 20.4 Å². The number of hydrogen-bond donors (Lipinski definition) is 1. The number of anilines is 1. The minimum atomic E-state index is -0.456. The summed E-state index contributed by atoms with van der Waals surface area (Å²) in [6.07, 6.45) is 0. The topological polar surface area (TPSA) is 49.4 Å². The van der Waals surface area contributed by atoms with E-state index in [2.05, 4.69) is 5.32 Å². The fraction of sp³-hybridized carbons (Fsp3) is 0.130. The van der Waals surface area contributed by atoms with Crippen LogP contribution in [-0.4, -0.2) is 16.7 Å². The molecule has 1 N–H and O–H groups in total. The molecule has 0 aliphatic carbocycles. The Labute approximate surface area is 172 Å². The fourth-order valence-electron chi connectivity index (χ4n) is 3.30. The van der Waals surface area contributed by atoms with E-state index < -0.39 is 17.6 Å². The molecule has 0 saturated carbocycles. The third-order valence-electron chi connectivity index (χ3n) is 5.09. The summed E-state index contributed by atoms with van der Waals surface area (Å²) < 4.78 is 14.1. The molecule has 0 spiro atoms. The number of thiophene rings is 1. The van der Waals surface area contributed by atoms with Gasteiger partial charge in [-0.05, 0) is 48.6 Å². The van der Waals surface area contributed by atoms with E-state index in [1.807, 2.05) is 49.6 Å². The Bertz CT molecular complexity index is 1140. The first-order valence-electron chi connectivity index (χ1n) is 9.18. The Morgan fingerprint density at radius 2 is 1.76 bits per heavy atom. The van der Waals surface area contributed by atoms with Gasteiger partial charge in [0, 0.05) is 16.1 Å². The maximum atomic E-state index is 14.1. The molecule has 146 valence electrons. The Kier molecular flexibility index (Phi) is 5.03. The van der Waals surface area contributed by atoms with Crippen molar-refractivity contribution in [2.24, 2.45) is 0 Å². The normalized spacial score (nSPS) is 14.1. The highest BCUT2D eigenvalue weighted by atomic mass is 32.1. The Morgan fingerprint density at radius 3 is 2.48 bits per heavy atom. The number of carbonyl (C=O) groups is 2. The molecule has 4 rings (SSSR count). The molecule has 6 heteroatoms. The molecule has 0 bridgehead atoms. The van der Waals surface area contributed by atoms with Gasteiger partial charge in [-0.3, -0.25) is 14.5 Å². The molecule has 0 unspecified atom stereocenters. The standard InChI is InChI=1S/C23H19FN2O2S/c1-14-7-5-10-18(15(14)2)25-21-20(19-11-6-12-29-19)22(27)26(23(21)28)13-16-8-3-4-9-17(16)24/h3-12,25H,13H2,1-2H3. The zero-order valence-electron chi connectivity index (χ0n) is 16.0. The number of carbonyl (C=O) groups excluding carboxylic acids is 2. The van der Waals surface area contributed by atoms with Gasteiger partial charge in [0.1, 0.15) is 11.5 Å². The molecule has 2 amide bonds. The zero-order valence-corrected chi connectivity index (χ0v) is 16.8. The second-order valence-corrected chi connectivity index (χ2v) is 7.84. The number of nitrogens with one attached hydrogen (secondary N) is 1. The predicted molar refractivity (Wildman–Crippen MR) is 113 cm³/mol. The Hall–Kier alpha value is -3.25. The van der Waals surface area contributed by atoms with Crippen molar-refractivity contribution in [3.8, 4) is 0 Å². The van der Waals surface area contributed by atoms with Crippen LogP contribution in [0.15, 0.2) is 65.7 Å². The molecular formula is C23H19FN2O2S. The average molecular weight is 406 g/mol. The van der Waals surface area contributed by atoms with Gasteiger partial charge in [0.25, 0.3) is 11.8 Å². The van der Waals surface area contributed by atoms with Crippen LogP contribution in [0.25, 0.3) is 5.57 Å². The summed E-state index contributed by atoms with van der Waals surface area (Å²) in [5.74, 6) is -1.32. The molecule has 1 aliphatic rings. The number of benzene rings is 2. The van der Waals surface area contributed by atoms with Crippen LogP contribution >= 0.6 is 11.3 Å². The van der Waals surface area contributed by atoms with E-state index in [1.165, 1.54) is 17.4 Å². The molecule has 2 heterocycles. The minimum absolute atomic E-state index is 0.114. The summed E-state index contributed by atoms with van der Waals surface area (Å²) in [5, 5.41) is 5.04.